The molecule has 0 spiro atoms. The summed E-state index contributed by atoms with van der Waals surface area (Å²) in [6.07, 6.45) is 6.31. The summed E-state index contributed by atoms with van der Waals surface area (Å²) in [4.78, 5) is 23.6. The molecule has 1 aliphatic carbocycles. The number of nitrogens with one attached hydrogen (secondary N) is 2. The zero-order valence-electron chi connectivity index (χ0n) is 15.7. The van der Waals surface area contributed by atoms with Gasteiger partial charge in [0.25, 0.3) is 5.91 Å². The molecule has 1 fully saturated rings. The summed E-state index contributed by atoms with van der Waals surface area (Å²) in [6.45, 7) is -0.502. The lowest BCUT2D eigenvalue weighted by Crippen LogP contribution is -2.42. The SMILES string of the molecule is CN(CC(=O)NC1CCCCCC1)S(=O)(=O)c1cc2c(cc1Cl)NC(=O)CO2. The van der Waals surface area contributed by atoms with Gasteiger partial charge in [-0.2, -0.15) is 4.31 Å². The van der Waals surface area contributed by atoms with Crippen LogP contribution in [-0.4, -0.2) is 50.8 Å². The first-order valence-electron chi connectivity index (χ1n) is 9.29. The minimum atomic E-state index is -4.01. The molecule has 0 atom stereocenters. The van der Waals surface area contributed by atoms with Crippen LogP contribution in [0.15, 0.2) is 17.0 Å². The molecule has 1 aliphatic heterocycles. The van der Waals surface area contributed by atoms with Crippen LogP contribution in [0, 0.1) is 0 Å². The number of sulfonamides is 1. The number of hydrogen-bond acceptors (Lipinski definition) is 5. The summed E-state index contributed by atoms with van der Waals surface area (Å²) in [5.74, 6) is -0.457. The predicted molar refractivity (Wildman–Crippen MR) is 105 cm³/mol. The minimum Gasteiger partial charge on any atom is -0.482 e. The second-order valence-corrected chi connectivity index (χ2v) is 9.55. The minimum absolute atomic E-state index is 0.0550. The average molecular weight is 430 g/mol. The number of halogens is 1. The molecule has 154 valence electrons. The standard InChI is InChI=1S/C18H24ClN3O5S/c1-22(10-17(23)20-12-6-4-2-3-5-7-12)28(25,26)16-9-15-14(8-13(16)19)21-18(24)11-27-15/h8-9,12H,2-7,10-11H2,1H3,(H,20,23)(H,21,24). The molecule has 0 aromatic heterocycles. The third-order valence-corrected chi connectivity index (χ3v) is 7.21. The van der Waals surface area contributed by atoms with Crippen molar-refractivity contribution in [1.82, 2.24) is 9.62 Å². The van der Waals surface area contributed by atoms with E-state index >= 15 is 0 Å². The molecule has 1 heterocycles. The molecular weight excluding hydrogens is 406 g/mol. The van der Waals surface area contributed by atoms with E-state index in [1.807, 2.05) is 0 Å². The maximum absolute atomic E-state index is 12.9. The summed E-state index contributed by atoms with van der Waals surface area (Å²) in [5, 5.41) is 5.45. The average Bonchev–Trinajstić information content (AvgIpc) is 2.89. The molecule has 2 aliphatic rings. The number of carbonyl (C=O) groups excluding carboxylic acids is 2. The van der Waals surface area contributed by atoms with Crippen LogP contribution in [-0.2, 0) is 19.6 Å². The van der Waals surface area contributed by atoms with Crippen molar-refractivity contribution in [2.75, 3.05) is 25.5 Å². The lowest BCUT2D eigenvalue weighted by molar-refractivity contribution is -0.122. The Morgan fingerprint density at radius 3 is 2.64 bits per heavy atom. The lowest BCUT2D eigenvalue weighted by Gasteiger charge is -2.23. The molecule has 3 rings (SSSR count). The number of hydrogen-bond donors (Lipinski definition) is 2. The number of rotatable bonds is 5. The summed E-state index contributed by atoms with van der Waals surface area (Å²) < 4.78 is 32.0. The number of likely N-dealkylation sites (N-methyl/N-ethyl adjacent to an activating group) is 1. The molecule has 2 N–H and O–H groups in total. The van der Waals surface area contributed by atoms with E-state index in [2.05, 4.69) is 10.6 Å². The molecule has 1 aromatic carbocycles. The fourth-order valence-corrected chi connectivity index (χ4v) is 5.07. The van der Waals surface area contributed by atoms with Crippen molar-refractivity contribution < 1.29 is 22.7 Å². The Bertz CT molecular complexity index is 866. The molecule has 0 saturated heterocycles. The van der Waals surface area contributed by atoms with Gasteiger partial charge in [0.05, 0.1) is 17.3 Å². The maximum Gasteiger partial charge on any atom is 0.262 e. The highest BCUT2D eigenvalue weighted by Crippen LogP contribution is 2.36. The third kappa shape index (κ3) is 4.76. The zero-order chi connectivity index (χ0) is 20.3. The zero-order valence-corrected chi connectivity index (χ0v) is 17.2. The van der Waals surface area contributed by atoms with Gasteiger partial charge in [-0.25, -0.2) is 8.42 Å². The molecule has 28 heavy (non-hydrogen) atoms. The molecule has 1 aromatic rings. The van der Waals surface area contributed by atoms with E-state index in [9.17, 15) is 18.0 Å². The predicted octanol–water partition coefficient (Wildman–Crippen LogP) is 2.13. The van der Waals surface area contributed by atoms with Crippen molar-refractivity contribution in [3.05, 3.63) is 17.2 Å². The first kappa shape index (κ1) is 20.9. The lowest BCUT2D eigenvalue weighted by atomic mass is 10.1. The van der Waals surface area contributed by atoms with Crippen molar-refractivity contribution in [3.8, 4) is 5.75 Å². The van der Waals surface area contributed by atoms with E-state index in [4.69, 9.17) is 16.3 Å². The van der Waals surface area contributed by atoms with Crippen LogP contribution >= 0.6 is 11.6 Å². The van der Waals surface area contributed by atoms with E-state index in [1.165, 1.54) is 32.0 Å². The fraction of sp³-hybridized carbons (Fsp3) is 0.556. The van der Waals surface area contributed by atoms with E-state index in [0.29, 0.717) is 5.69 Å². The Balaban J connectivity index is 1.71. The second-order valence-electron chi connectivity index (χ2n) is 7.13. The second kappa shape index (κ2) is 8.67. The Kier molecular flexibility index (Phi) is 6.47. The van der Waals surface area contributed by atoms with Crippen molar-refractivity contribution in [2.45, 2.75) is 49.5 Å². The quantitative estimate of drug-likeness (QED) is 0.697. The van der Waals surface area contributed by atoms with Gasteiger partial charge in [-0.3, -0.25) is 9.59 Å². The molecule has 0 unspecified atom stereocenters. The van der Waals surface area contributed by atoms with Gasteiger partial charge in [0.2, 0.25) is 15.9 Å². The van der Waals surface area contributed by atoms with Crippen LogP contribution in [0.2, 0.25) is 5.02 Å². The van der Waals surface area contributed by atoms with Gasteiger partial charge in [-0.05, 0) is 18.9 Å². The third-order valence-electron chi connectivity index (χ3n) is 4.94. The highest BCUT2D eigenvalue weighted by atomic mass is 35.5. The number of amides is 2. The van der Waals surface area contributed by atoms with Gasteiger partial charge in [0, 0.05) is 19.2 Å². The molecule has 0 bridgehead atoms. The van der Waals surface area contributed by atoms with E-state index in [1.54, 1.807) is 0 Å². The van der Waals surface area contributed by atoms with Crippen LogP contribution in [0.5, 0.6) is 5.75 Å². The van der Waals surface area contributed by atoms with Crippen molar-refractivity contribution in [2.24, 2.45) is 0 Å². The molecule has 10 heteroatoms. The number of fused-ring (bicyclic) bond motifs is 1. The van der Waals surface area contributed by atoms with Crippen LogP contribution in [0.1, 0.15) is 38.5 Å². The Morgan fingerprint density at radius 2 is 1.96 bits per heavy atom. The monoisotopic (exact) mass is 429 g/mol. The molecule has 1 saturated carbocycles. The molecule has 0 radical (unpaired) electrons. The first-order valence-corrected chi connectivity index (χ1v) is 11.1. The summed E-state index contributed by atoms with van der Waals surface area (Å²) in [7, 11) is -2.68. The number of carbonyl (C=O) groups is 2. The smallest absolute Gasteiger partial charge is 0.262 e. The van der Waals surface area contributed by atoms with Crippen LogP contribution in [0.4, 0.5) is 5.69 Å². The van der Waals surface area contributed by atoms with Crippen LogP contribution in [0.3, 0.4) is 0 Å². The van der Waals surface area contributed by atoms with Gasteiger partial charge in [0.15, 0.2) is 6.61 Å². The van der Waals surface area contributed by atoms with Gasteiger partial charge < -0.3 is 15.4 Å². The maximum atomic E-state index is 12.9. The van der Waals surface area contributed by atoms with Gasteiger partial charge in [-0.15, -0.1) is 0 Å². The number of benzene rings is 1. The fourth-order valence-electron chi connectivity index (χ4n) is 3.43. The van der Waals surface area contributed by atoms with E-state index in [-0.39, 0.29) is 46.7 Å². The van der Waals surface area contributed by atoms with Gasteiger partial charge in [0.1, 0.15) is 10.6 Å². The summed E-state index contributed by atoms with van der Waals surface area (Å²) in [6, 6.07) is 2.70. The van der Waals surface area contributed by atoms with E-state index < -0.39 is 10.0 Å². The van der Waals surface area contributed by atoms with Crippen LogP contribution < -0.4 is 15.4 Å². The Hall–Kier alpha value is -1.84. The summed E-state index contributed by atoms with van der Waals surface area (Å²) in [5.41, 5.74) is 0.314. The van der Waals surface area contributed by atoms with Crippen molar-refractivity contribution in [1.29, 1.82) is 0 Å². The first-order chi connectivity index (χ1) is 13.3. The highest BCUT2D eigenvalue weighted by molar-refractivity contribution is 7.89. The number of ether oxygens (including phenoxy) is 1. The van der Waals surface area contributed by atoms with Crippen molar-refractivity contribution >= 4 is 39.1 Å². The largest absolute Gasteiger partial charge is 0.482 e. The molecule has 2 amide bonds. The topological polar surface area (TPSA) is 105 Å². The highest BCUT2D eigenvalue weighted by Gasteiger charge is 2.29. The van der Waals surface area contributed by atoms with Gasteiger partial charge in [-0.1, -0.05) is 37.3 Å². The normalized spacial score (nSPS) is 18.0. The molecular formula is C18H24ClN3O5S. The van der Waals surface area contributed by atoms with Gasteiger partial charge >= 0.3 is 0 Å². The number of nitrogens with zero attached hydrogens (tertiary/aromatic N) is 1. The molecule has 8 nitrogen and oxygen atoms in total. The Morgan fingerprint density at radius 1 is 1.29 bits per heavy atom. The number of anilines is 1. The Labute approximate surface area is 169 Å². The van der Waals surface area contributed by atoms with E-state index in [0.717, 1.165) is 30.0 Å². The van der Waals surface area contributed by atoms with Crippen LogP contribution in [0.25, 0.3) is 0 Å². The summed E-state index contributed by atoms with van der Waals surface area (Å²) >= 11 is 6.13. The van der Waals surface area contributed by atoms with Crippen molar-refractivity contribution in [3.63, 3.8) is 0 Å².